The van der Waals surface area contributed by atoms with E-state index in [4.69, 9.17) is 0 Å². The van der Waals surface area contributed by atoms with Crippen molar-refractivity contribution in [2.24, 2.45) is 23.7 Å². The zero-order chi connectivity index (χ0) is 16.3. The molecule has 0 atom stereocenters. The summed E-state index contributed by atoms with van der Waals surface area (Å²) >= 11 is 0. The van der Waals surface area contributed by atoms with Crippen molar-refractivity contribution in [2.45, 2.75) is 37.7 Å². The fourth-order valence-corrected chi connectivity index (χ4v) is 5.96. The second-order valence-electron chi connectivity index (χ2n) is 8.25. The Morgan fingerprint density at radius 1 is 0.667 bits per heavy atom. The van der Waals surface area contributed by atoms with Crippen molar-refractivity contribution in [2.75, 3.05) is 0 Å². The Kier molecular flexibility index (Phi) is 3.09. The van der Waals surface area contributed by atoms with Gasteiger partial charge in [0.1, 0.15) is 5.75 Å². The highest BCUT2D eigenvalue weighted by Crippen LogP contribution is 2.61. The molecule has 24 heavy (non-hydrogen) atoms. The molecule has 4 fully saturated rings. The molecular formula is C22H24O2. The summed E-state index contributed by atoms with van der Waals surface area (Å²) in [5, 5.41) is 21.1. The van der Waals surface area contributed by atoms with E-state index >= 15 is 0 Å². The Balaban J connectivity index is 1.48. The number of hydrogen-bond acceptors (Lipinski definition) is 2. The van der Waals surface area contributed by atoms with E-state index < -0.39 is 5.60 Å². The first-order valence-corrected chi connectivity index (χ1v) is 9.25. The zero-order valence-electron chi connectivity index (χ0n) is 13.9. The summed E-state index contributed by atoms with van der Waals surface area (Å²) in [6.07, 6.45) is 6.25. The van der Waals surface area contributed by atoms with Crippen LogP contribution in [0.5, 0.6) is 5.75 Å². The number of benzene rings is 2. The summed E-state index contributed by atoms with van der Waals surface area (Å²) in [5.74, 6) is 2.92. The first-order valence-electron chi connectivity index (χ1n) is 9.25. The Hall–Kier alpha value is -1.80. The molecule has 4 aliphatic rings. The Bertz CT molecular complexity index is 717. The quantitative estimate of drug-likeness (QED) is 0.842. The molecule has 0 saturated heterocycles. The van der Waals surface area contributed by atoms with Crippen LogP contribution in [0, 0.1) is 23.7 Å². The highest BCUT2D eigenvalue weighted by molar-refractivity contribution is 5.64. The van der Waals surface area contributed by atoms with E-state index in [0.717, 1.165) is 28.5 Å². The molecule has 0 amide bonds. The molecule has 2 aromatic carbocycles. The number of aliphatic hydroxyl groups is 1. The van der Waals surface area contributed by atoms with E-state index in [1.807, 2.05) is 12.1 Å². The maximum atomic E-state index is 11.6. The summed E-state index contributed by atoms with van der Waals surface area (Å²) in [7, 11) is 0. The predicted octanol–water partition coefficient (Wildman–Crippen LogP) is 4.70. The number of phenols is 1. The molecular weight excluding hydrogens is 296 g/mol. The van der Waals surface area contributed by atoms with E-state index in [1.54, 1.807) is 12.1 Å². The largest absolute Gasteiger partial charge is 0.508 e. The number of aromatic hydroxyl groups is 1. The minimum atomic E-state index is -0.610. The highest BCUT2D eigenvalue weighted by Gasteiger charge is 2.57. The fraction of sp³-hybridized carbons (Fsp3) is 0.455. The normalized spacial score (nSPS) is 36.9. The summed E-state index contributed by atoms with van der Waals surface area (Å²) in [6.45, 7) is 0. The Morgan fingerprint density at radius 3 is 1.62 bits per heavy atom. The molecule has 0 radical (unpaired) electrons. The molecule has 0 aromatic heterocycles. The van der Waals surface area contributed by atoms with E-state index in [0.29, 0.717) is 17.6 Å². The van der Waals surface area contributed by atoms with Crippen LogP contribution >= 0.6 is 0 Å². The summed E-state index contributed by atoms with van der Waals surface area (Å²) in [5.41, 5.74) is 2.72. The van der Waals surface area contributed by atoms with Crippen LogP contribution in [0.2, 0.25) is 0 Å². The van der Waals surface area contributed by atoms with E-state index in [9.17, 15) is 10.2 Å². The van der Waals surface area contributed by atoms with Gasteiger partial charge >= 0.3 is 0 Å². The molecule has 4 aliphatic carbocycles. The molecule has 0 heterocycles. The minimum Gasteiger partial charge on any atom is -0.508 e. The molecule has 124 valence electrons. The van der Waals surface area contributed by atoms with Gasteiger partial charge in [0, 0.05) is 0 Å². The SMILES string of the molecule is Oc1ccc(-c2ccc(C3(O)C4CC5CC(C4)CC3C5)cc2)cc1. The Morgan fingerprint density at radius 2 is 1.12 bits per heavy atom. The average Bonchev–Trinajstić information content (AvgIpc) is 2.60. The van der Waals surface area contributed by atoms with Crippen LogP contribution in [-0.4, -0.2) is 10.2 Å². The fourth-order valence-electron chi connectivity index (χ4n) is 5.96. The summed E-state index contributed by atoms with van der Waals surface area (Å²) < 4.78 is 0. The van der Waals surface area contributed by atoms with Gasteiger partial charge in [-0.1, -0.05) is 36.4 Å². The van der Waals surface area contributed by atoms with Crippen LogP contribution in [0.15, 0.2) is 48.5 Å². The van der Waals surface area contributed by atoms with Gasteiger partial charge in [0.2, 0.25) is 0 Å². The molecule has 6 rings (SSSR count). The molecule has 2 aromatic rings. The van der Waals surface area contributed by atoms with Gasteiger partial charge in [0.05, 0.1) is 5.60 Å². The molecule has 4 bridgehead atoms. The maximum Gasteiger partial charge on any atom is 0.115 e. The third-order valence-corrected chi connectivity index (χ3v) is 6.93. The van der Waals surface area contributed by atoms with Gasteiger partial charge in [0.15, 0.2) is 0 Å². The maximum absolute atomic E-state index is 11.6. The van der Waals surface area contributed by atoms with Gasteiger partial charge in [-0.05, 0) is 84.6 Å². The van der Waals surface area contributed by atoms with Crippen LogP contribution in [0.25, 0.3) is 11.1 Å². The molecule has 0 aliphatic heterocycles. The van der Waals surface area contributed by atoms with Crippen molar-refractivity contribution in [3.63, 3.8) is 0 Å². The van der Waals surface area contributed by atoms with Crippen molar-refractivity contribution in [3.8, 4) is 16.9 Å². The van der Waals surface area contributed by atoms with Crippen LogP contribution in [-0.2, 0) is 5.60 Å². The summed E-state index contributed by atoms with van der Waals surface area (Å²) in [4.78, 5) is 0. The molecule has 0 unspecified atom stereocenters. The molecule has 2 N–H and O–H groups in total. The van der Waals surface area contributed by atoms with Gasteiger partial charge < -0.3 is 10.2 Å². The van der Waals surface area contributed by atoms with Gasteiger partial charge in [-0.3, -0.25) is 0 Å². The average molecular weight is 320 g/mol. The monoisotopic (exact) mass is 320 g/mol. The first kappa shape index (κ1) is 14.5. The van der Waals surface area contributed by atoms with Crippen LogP contribution in [0.4, 0.5) is 0 Å². The van der Waals surface area contributed by atoms with Crippen LogP contribution in [0.3, 0.4) is 0 Å². The molecule has 4 saturated carbocycles. The predicted molar refractivity (Wildman–Crippen MR) is 94.5 cm³/mol. The van der Waals surface area contributed by atoms with Crippen LogP contribution < -0.4 is 0 Å². The number of hydrogen-bond donors (Lipinski definition) is 2. The van der Waals surface area contributed by atoms with Gasteiger partial charge in [-0.2, -0.15) is 0 Å². The Labute approximate surface area is 143 Å². The summed E-state index contributed by atoms with van der Waals surface area (Å²) in [6, 6.07) is 15.8. The topological polar surface area (TPSA) is 40.5 Å². The van der Waals surface area contributed by atoms with Crippen LogP contribution in [0.1, 0.15) is 37.7 Å². The second-order valence-corrected chi connectivity index (χ2v) is 8.25. The number of phenolic OH excluding ortho intramolecular Hbond substituents is 1. The van der Waals surface area contributed by atoms with Gasteiger partial charge in [-0.15, -0.1) is 0 Å². The van der Waals surface area contributed by atoms with E-state index in [2.05, 4.69) is 24.3 Å². The lowest BCUT2D eigenvalue weighted by Crippen LogP contribution is -2.55. The third kappa shape index (κ3) is 2.05. The first-order chi connectivity index (χ1) is 11.6. The van der Waals surface area contributed by atoms with E-state index in [-0.39, 0.29) is 0 Å². The number of rotatable bonds is 2. The van der Waals surface area contributed by atoms with Crippen molar-refractivity contribution >= 4 is 0 Å². The molecule has 2 heteroatoms. The lowest BCUT2D eigenvalue weighted by Gasteiger charge is -2.59. The minimum absolute atomic E-state index is 0.290. The van der Waals surface area contributed by atoms with E-state index in [1.165, 1.54) is 32.1 Å². The van der Waals surface area contributed by atoms with Gasteiger partial charge in [-0.25, -0.2) is 0 Å². The smallest absolute Gasteiger partial charge is 0.115 e. The zero-order valence-corrected chi connectivity index (χ0v) is 13.9. The molecule has 0 spiro atoms. The third-order valence-electron chi connectivity index (χ3n) is 6.93. The standard InChI is InChI=1S/C22H24O2/c23-21-7-3-17(4-8-21)16-1-5-18(6-2-16)22(24)19-10-14-9-15(12-19)13-20(22)11-14/h1-8,14-15,19-20,23-24H,9-13H2. The van der Waals surface area contributed by atoms with Crippen molar-refractivity contribution in [3.05, 3.63) is 54.1 Å². The molecule has 2 nitrogen and oxygen atoms in total. The van der Waals surface area contributed by atoms with Crippen molar-refractivity contribution in [1.82, 2.24) is 0 Å². The van der Waals surface area contributed by atoms with Crippen molar-refractivity contribution < 1.29 is 10.2 Å². The highest BCUT2D eigenvalue weighted by atomic mass is 16.3. The second kappa shape index (κ2) is 5.10. The lowest BCUT2D eigenvalue weighted by molar-refractivity contribution is -0.179. The lowest BCUT2D eigenvalue weighted by atomic mass is 9.48. The van der Waals surface area contributed by atoms with Gasteiger partial charge in [0.25, 0.3) is 0 Å². The van der Waals surface area contributed by atoms with Crippen molar-refractivity contribution in [1.29, 1.82) is 0 Å².